The molecule has 1 heterocycles. The zero-order valence-electron chi connectivity index (χ0n) is 12.0. The number of benzene rings is 2. The van der Waals surface area contributed by atoms with E-state index in [1.165, 1.54) is 0 Å². The minimum atomic E-state index is -0.464. The summed E-state index contributed by atoms with van der Waals surface area (Å²) < 4.78 is 5.13. The molecular formula is C18H14ClNO2. The van der Waals surface area contributed by atoms with Gasteiger partial charge in [0.1, 0.15) is 5.15 Å². The zero-order chi connectivity index (χ0) is 15.5. The number of pyridine rings is 1. The van der Waals surface area contributed by atoms with Crippen LogP contribution >= 0.6 is 11.6 Å². The van der Waals surface area contributed by atoms with Crippen LogP contribution in [0.4, 0.5) is 0 Å². The lowest BCUT2D eigenvalue weighted by atomic mass is 9.97. The smallest absolute Gasteiger partial charge is 0.357 e. The second-order valence-electron chi connectivity index (χ2n) is 4.76. The van der Waals surface area contributed by atoms with Crippen LogP contribution in [-0.2, 0) is 4.74 Å². The Labute approximate surface area is 133 Å². The van der Waals surface area contributed by atoms with Crippen LogP contribution in [0, 0.1) is 0 Å². The van der Waals surface area contributed by atoms with Gasteiger partial charge >= 0.3 is 5.97 Å². The summed E-state index contributed by atoms with van der Waals surface area (Å²) in [5.74, 6) is -0.464. The van der Waals surface area contributed by atoms with Crippen molar-refractivity contribution in [2.75, 3.05) is 6.61 Å². The molecule has 110 valence electrons. The summed E-state index contributed by atoms with van der Waals surface area (Å²) in [5, 5.41) is 2.01. The third-order valence-corrected chi connectivity index (χ3v) is 3.68. The Morgan fingerprint density at radius 1 is 1.05 bits per heavy atom. The molecular weight excluding hydrogens is 298 g/mol. The zero-order valence-corrected chi connectivity index (χ0v) is 12.8. The lowest BCUT2D eigenvalue weighted by Crippen LogP contribution is -2.10. The van der Waals surface area contributed by atoms with Crippen LogP contribution in [0.25, 0.3) is 21.9 Å². The maximum Gasteiger partial charge on any atom is 0.357 e. The minimum Gasteiger partial charge on any atom is -0.461 e. The molecule has 3 aromatic rings. The van der Waals surface area contributed by atoms with Crippen molar-refractivity contribution in [3.8, 4) is 11.1 Å². The van der Waals surface area contributed by atoms with Gasteiger partial charge in [-0.15, -0.1) is 0 Å². The molecule has 0 radical (unpaired) electrons. The molecule has 0 saturated carbocycles. The van der Waals surface area contributed by atoms with Crippen molar-refractivity contribution in [3.05, 3.63) is 65.4 Å². The number of nitrogens with zero attached hydrogens (tertiary/aromatic N) is 1. The molecule has 0 aliphatic rings. The highest BCUT2D eigenvalue weighted by atomic mass is 35.5. The topological polar surface area (TPSA) is 39.2 Å². The molecule has 0 unspecified atom stereocenters. The van der Waals surface area contributed by atoms with Crippen LogP contribution < -0.4 is 0 Å². The van der Waals surface area contributed by atoms with Crippen molar-refractivity contribution in [3.63, 3.8) is 0 Å². The molecule has 0 N–H and O–H groups in total. The van der Waals surface area contributed by atoms with Gasteiger partial charge in [0.2, 0.25) is 0 Å². The van der Waals surface area contributed by atoms with Gasteiger partial charge in [-0.1, -0.05) is 66.2 Å². The Morgan fingerprint density at radius 2 is 1.68 bits per heavy atom. The van der Waals surface area contributed by atoms with E-state index >= 15 is 0 Å². The number of esters is 1. The van der Waals surface area contributed by atoms with Crippen molar-refractivity contribution in [2.45, 2.75) is 6.92 Å². The van der Waals surface area contributed by atoms with E-state index in [-0.39, 0.29) is 5.69 Å². The number of ether oxygens (including phenoxy) is 1. The van der Waals surface area contributed by atoms with E-state index in [1.807, 2.05) is 54.6 Å². The van der Waals surface area contributed by atoms with Crippen LogP contribution in [0.15, 0.2) is 54.6 Å². The summed E-state index contributed by atoms with van der Waals surface area (Å²) in [4.78, 5) is 16.6. The first-order chi connectivity index (χ1) is 10.7. The van der Waals surface area contributed by atoms with Crippen molar-refractivity contribution in [1.82, 2.24) is 4.98 Å². The van der Waals surface area contributed by atoms with Crippen molar-refractivity contribution in [2.24, 2.45) is 0 Å². The summed E-state index contributed by atoms with van der Waals surface area (Å²) in [5.41, 5.74) is 1.90. The van der Waals surface area contributed by atoms with E-state index in [0.717, 1.165) is 21.9 Å². The molecule has 0 atom stereocenters. The number of hydrogen-bond acceptors (Lipinski definition) is 3. The first-order valence-corrected chi connectivity index (χ1v) is 7.41. The summed E-state index contributed by atoms with van der Waals surface area (Å²) in [6.45, 7) is 2.06. The molecule has 22 heavy (non-hydrogen) atoms. The Balaban J connectivity index is 2.37. The van der Waals surface area contributed by atoms with Gasteiger partial charge in [-0.3, -0.25) is 0 Å². The summed E-state index contributed by atoms with van der Waals surface area (Å²) >= 11 is 6.25. The highest BCUT2D eigenvalue weighted by Gasteiger charge is 2.20. The van der Waals surface area contributed by atoms with E-state index < -0.39 is 5.97 Å². The largest absolute Gasteiger partial charge is 0.461 e. The first-order valence-electron chi connectivity index (χ1n) is 7.03. The Hall–Kier alpha value is -2.39. The second-order valence-corrected chi connectivity index (χ2v) is 5.12. The molecule has 0 fully saturated rings. The van der Waals surface area contributed by atoms with E-state index in [4.69, 9.17) is 16.3 Å². The van der Waals surface area contributed by atoms with Crippen LogP contribution in [0.3, 0.4) is 0 Å². The van der Waals surface area contributed by atoms with Gasteiger partial charge in [0.15, 0.2) is 5.69 Å². The van der Waals surface area contributed by atoms with Crippen molar-refractivity contribution in [1.29, 1.82) is 0 Å². The van der Waals surface area contributed by atoms with Crippen LogP contribution in [0.1, 0.15) is 17.4 Å². The highest BCUT2D eigenvalue weighted by molar-refractivity contribution is 6.35. The van der Waals surface area contributed by atoms with Gasteiger partial charge in [-0.25, -0.2) is 9.78 Å². The fourth-order valence-corrected chi connectivity index (χ4v) is 2.72. The molecule has 0 spiro atoms. The van der Waals surface area contributed by atoms with Crippen molar-refractivity contribution < 1.29 is 9.53 Å². The third-order valence-electron chi connectivity index (χ3n) is 3.40. The Morgan fingerprint density at radius 3 is 2.36 bits per heavy atom. The van der Waals surface area contributed by atoms with Gasteiger partial charge in [0, 0.05) is 10.9 Å². The molecule has 2 aromatic carbocycles. The molecule has 4 heteroatoms. The fraction of sp³-hybridized carbons (Fsp3) is 0.111. The fourth-order valence-electron chi connectivity index (χ4n) is 2.47. The summed E-state index contributed by atoms with van der Waals surface area (Å²) in [6, 6.07) is 17.3. The van der Waals surface area contributed by atoms with E-state index in [2.05, 4.69) is 4.98 Å². The quantitative estimate of drug-likeness (QED) is 0.518. The monoisotopic (exact) mass is 311 g/mol. The standard InChI is InChI=1S/C18H14ClNO2/c1-2-22-18(21)16-15(12-8-4-3-5-9-12)13-10-6-7-11-14(13)17(19)20-16/h3-11H,2H2,1H3. The predicted octanol–water partition coefficient (Wildman–Crippen LogP) is 4.73. The van der Waals surface area contributed by atoms with E-state index in [1.54, 1.807) is 6.92 Å². The van der Waals surface area contributed by atoms with Gasteiger partial charge in [0.25, 0.3) is 0 Å². The summed E-state index contributed by atoms with van der Waals surface area (Å²) in [6.07, 6.45) is 0. The number of halogens is 1. The van der Waals surface area contributed by atoms with Gasteiger partial charge < -0.3 is 4.74 Å². The van der Waals surface area contributed by atoms with Gasteiger partial charge in [0.05, 0.1) is 6.61 Å². The lowest BCUT2D eigenvalue weighted by Gasteiger charge is -2.13. The normalized spacial score (nSPS) is 10.6. The first kappa shape index (κ1) is 14.5. The Kier molecular flexibility index (Phi) is 4.07. The third kappa shape index (κ3) is 2.55. The van der Waals surface area contributed by atoms with Crippen LogP contribution in [0.5, 0.6) is 0 Å². The summed E-state index contributed by atoms with van der Waals surface area (Å²) in [7, 11) is 0. The molecule has 1 aromatic heterocycles. The van der Waals surface area contributed by atoms with Crippen LogP contribution in [-0.4, -0.2) is 17.6 Å². The number of carbonyl (C=O) groups is 1. The maximum atomic E-state index is 12.3. The second kappa shape index (κ2) is 6.16. The van der Waals surface area contributed by atoms with E-state index in [9.17, 15) is 4.79 Å². The predicted molar refractivity (Wildman–Crippen MR) is 88.1 cm³/mol. The highest BCUT2D eigenvalue weighted by Crippen LogP contribution is 2.34. The molecule has 3 rings (SSSR count). The van der Waals surface area contributed by atoms with Gasteiger partial charge in [-0.2, -0.15) is 0 Å². The maximum absolute atomic E-state index is 12.3. The van der Waals surface area contributed by atoms with Crippen molar-refractivity contribution >= 4 is 28.3 Å². The average molecular weight is 312 g/mol. The molecule has 0 saturated heterocycles. The molecule has 3 nitrogen and oxygen atoms in total. The number of rotatable bonds is 3. The number of hydrogen-bond donors (Lipinski definition) is 0. The number of aromatic nitrogens is 1. The molecule has 0 bridgehead atoms. The van der Waals surface area contributed by atoms with E-state index in [0.29, 0.717) is 11.8 Å². The van der Waals surface area contributed by atoms with Gasteiger partial charge in [-0.05, 0) is 17.9 Å². The minimum absolute atomic E-state index is 0.247. The Bertz CT molecular complexity index is 831. The lowest BCUT2D eigenvalue weighted by molar-refractivity contribution is 0.0520. The molecule has 0 amide bonds. The number of fused-ring (bicyclic) bond motifs is 1. The average Bonchev–Trinajstić information content (AvgIpc) is 2.56. The molecule has 0 aliphatic carbocycles. The molecule has 0 aliphatic heterocycles. The SMILES string of the molecule is CCOC(=O)c1nc(Cl)c2ccccc2c1-c1ccccc1. The van der Waals surface area contributed by atoms with Crippen LogP contribution in [0.2, 0.25) is 5.15 Å². The number of carbonyl (C=O) groups excluding carboxylic acids is 1.